The first-order valence-corrected chi connectivity index (χ1v) is 6.68. The molecular weight excluding hydrogens is 243 g/mol. The van der Waals surface area contributed by atoms with E-state index in [9.17, 15) is 13.2 Å². The molecule has 5 heteroatoms. The predicted molar refractivity (Wildman–Crippen MR) is 65.5 cm³/mol. The highest BCUT2D eigenvalue weighted by Gasteiger charge is 2.36. The molecule has 1 aliphatic carbocycles. The van der Waals surface area contributed by atoms with E-state index >= 15 is 0 Å². The molecule has 0 amide bonds. The molecule has 1 fully saturated rings. The van der Waals surface area contributed by atoms with Gasteiger partial charge in [0.1, 0.15) is 6.61 Å². The van der Waals surface area contributed by atoms with Crippen molar-refractivity contribution in [2.75, 3.05) is 26.3 Å². The van der Waals surface area contributed by atoms with E-state index in [0.29, 0.717) is 5.92 Å². The second kappa shape index (κ2) is 6.75. The summed E-state index contributed by atoms with van der Waals surface area (Å²) in [7, 11) is 0. The lowest BCUT2D eigenvalue weighted by Crippen LogP contribution is -2.38. The van der Waals surface area contributed by atoms with Gasteiger partial charge < -0.3 is 10.1 Å². The first-order valence-electron chi connectivity index (χ1n) is 6.68. The fourth-order valence-corrected chi connectivity index (χ4v) is 2.51. The lowest BCUT2D eigenvalue weighted by atomic mass is 9.87. The van der Waals surface area contributed by atoms with Gasteiger partial charge in [0.2, 0.25) is 0 Å². The van der Waals surface area contributed by atoms with Crippen LogP contribution in [-0.2, 0) is 4.74 Å². The number of nitrogens with one attached hydrogen (secondary N) is 1. The van der Waals surface area contributed by atoms with Crippen molar-refractivity contribution in [2.24, 2.45) is 11.3 Å². The van der Waals surface area contributed by atoms with Crippen molar-refractivity contribution in [3.63, 3.8) is 0 Å². The molecule has 1 aliphatic rings. The monoisotopic (exact) mass is 267 g/mol. The molecule has 0 radical (unpaired) electrons. The molecule has 108 valence electrons. The lowest BCUT2D eigenvalue weighted by Gasteiger charge is -2.29. The zero-order valence-electron chi connectivity index (χ0n) is 11.3. The Morgan fingerprint density at radius 2 is 1.83 bits per heavy atom. The highest BCUT2D eigenvalue weighted by molar-refractivity contribution is 4.86. The molecule has 2 nitrogen and oxygen atoms in total. The maximum Gasteiger partial charge on any atom is 0.411 e. The average molecular weight is 267 g/mol. The molecule has 0 atom stereocenters. The summed E-state index contributed by atoms with van der Waals surface area (Å²) in [5.41, 5.74) is -0.0832. The van der Waals surface area contributed by atoms with Gasteiger partial charge in [0, 0.05) is 12.0 Å². The second-order valence-electron chi connectivity index (χ2n) is 5.84. The Hall–Kier alpha value is -0.290. The van der Waals surface area contributed by atoms with Gasteiger partial charge in [-0.05, 0) is 25.3 Å². The van der Waals surface area contributed by atoms with Crippen LogP contribution in [0.4, 0.5) is 13.2 Å². The van der Waals surface area contributed by atoms with E-state index in [0.717, 1.165) is 38.8 Å². The molecule has 0 aromatic carbocycles. The summed E-state index contributed by atoms with van der Waals surface area (Å²) < 4.78 is 41.1. The minimum absolute atomic E-state index is 0.0832. The summed E-state index contributed by atoms with van der Waals surface area (Å²) in [6.45, 7) is 5.00. The third-order valence-corrected chi connectivity index (χ3v) is 3.39. The number of hydrogen-bond acceptors (Lipinski definition) is 2. The molecule has 1 saturated carbocycles. The van der Waals surface area contributed by atoms with Crippen molar-refractivity contribution >= 4 is 0 Å². The molecule has 0 heterocycles. The van der Waals surface area contributed by atoms with Gasteiger partial charge in [-0.15, -0.1) is 0 Å². The molecule has 0 saturated heterocycles. The fourth-order valence-electron chi connectivity index (χ4n) is 2.51. The molecule has 1 N–H and O–H groups in total. The van der Waals surface area contributed by atoms with Crippen LogP contribution in [0, 0.1) is 11.3 Å². The Morgan fingerprint density at radius 3 is 2.33 bits per heavy atom. The Bertz CT molecular complexity index is 235. The van der Waals surface area contributed by atoms with E-state index in [2.05, 4.69) is 19.2 Å². The summed E-state index contributed by atoms with van der Waals surface area (Å²) in [4.78, 5) is 0. The fraction of sp³-hybridized carbons (Fsp3) is 1.00. The van der Waals surface area contributed by atoms with Crippen LogP contribution in [0.5, 0.6) is 0 Å². The van der Waals surface area contributed by atoms with Crippen LogP contribution in [0.25, 0.3) is 0 Å². The maximum atomic E-state index is 12.1. The molecule has 18 heavy (non-hydrogen) atoms. The van der Waals surface area contributed by atoms with Gasteiger partial charge in [0.25, 0.3) is 0 Å². The molecular formula is C13H24F3NO. The van der Waals surface area contributed by atoms with Crippen LogP contribution in [-0.4, -0.2) is 32.5 Å². The summed E-state index contributed by atoms with van der Waals surface area (Å²) in [6, 6.07) is 0. The summed E-state index contributed by atoms with van der Waals surface area (Å²) in [5, 5.41) is 3.35. The number of alkyl halides is 3. The minimum Gasteiger partial charge on any atom is -0.371 e. The molecule has 0 unspecified atom stereocenters. The van der Waals surface area contributed by atoms with Crippen molar-refractivity contribution in [2.45, 2.75) is 45.7 Å². The quantitative estimate of drug-likeness (QED) is 0.763. The van der Waals surface area contributed by atoms with Crippen LogP contribution in [0.15, 0.2) is 0 Å². The van der Waals surface area contributed by atoms with Crippen LogP contribution >= 0.6 is 0 Å². The van der Waals surface area contributed by atoms with Crippen LogP contribution in [0.1, 0.15) is 39.5 Å². The van der Waals surface area contributed by atoms with Crippen LogP contribution < -0.4 is 5.32 Å². The van der Waals surface area contributed by atoms with Crippen molar-refractivity contribution < 1.29 is 17.9 Å². The van der Waals surface area contributed by atoms with E-state index in [1.165, 1.54) is 0 Å². The van der Waals surface area contributed by atoms with Gasteiger partial charge in [-0.2, -0.15) is 13.2 Å². The number of hydrogen-bond donors (Lipinski definition) is 1. The van der Waals surface area contributed by atoms with Gasteiger partial charge in [-0.25, -0.2) is 0 Å². The summed E-state index contributed by atoms with van der Waals surface area (Å²) >= 11 is 0. The van der Waals surface area contributed by atoms with E-state index in [4.69, 9.17) is 4.74 Å². The van der Waals surface area contributed by atoms with Crippen molar-refractivity contribution in [1.82, 2.24) is 5.32 Å². The summed E-state index contributed by atoms with van der Waals surface area (Å²) in [6.07, 6.45) is -0.0888. The van der Waals surface area contributed by atoms with E-state index in [1.807, 2.05) is 0 Å². The highest BCUT2D eigenvalue weighted by Crippen LogP contribution is 2.38. The van der Waals surface area contributed by atoms with E-state index in [-0.39, 0.29) is 12.0 Å². The van der Waals surface area contributed by atoms with Gasteiger partial charge >= 0.3 is 6.18 Å². The standard InChI is InChI=1S/C13H24F3NO/c1-11(2)7-17-8-12(5-3-4-6-12)9-18-10-13(14,15)16/h11,17H,3-10H2,1-2H3. The molecule has 0 aliphatic heterocycles. The Labute approximate surface area is 107 Å². The van der Waals surface area contributed by atoms with Gasteiger partial charge in [0.15, 0.2) is 0 Å². The Balaban J connectivity index is 2.33. The topological polar surface area (TPSA) is 21.3 Å². The van der Waals surface area contributed by atoms with Gasteiger partial charge in [-0.1, -0.05) is 26.7 Å². The Morgan fingerprint density at radius 1 is 1.22 bits per heavy atom. The SMILES string of the molecule is CC(C)CNCC1(COCC(F)(F)F)CCCC1. The molecule has 0 aromatic heterocycles. The third-order valence-electron chi connectivity index (χ3n) is 3.39. The maximum absolute atomic E-state index is 12.1. The normalized spacial score (nSPS) is 19.7. The minimum atomic E-state index is -4.22. The number of ether oxygens (including phenoxy) is 1. The first kappa shape index (κ1) is 15.8. The average Bonchev–Trinajstić information content (AvgIpc) is 2.64. The van der Waals surface area contributed by atoms with Gasteiger partial charge in [0.05, 0.1) is 6.61 Å². The zero-order chi connectivity index (χ0) is 13.6. The molecule has 0 spiro atoms. The van der Waals surface area contributed by atoms with Crippen LogP contribution in [0.2, 0.25) is 0 Å². The van der Waals surface area contributed by atoms with Crippen molar-refractivity contribution in [3.8, 4) is 0 Å². The van der Waals surface area contributed by atoms with E-state index < -0.39 is 12.8 Å². The predicted octanol–water partition coefficient (Wildman–Crippen LogP) is 3.37. The third kappa shape index (κ3) is 6.05. The Kier molecular flexibility index (Phi) is 5.92. The smallest absolute Gasteiger partial charge is 0.371 e. The van der Waals surface area contributed by atoms with Crippen LogP contribution in [0.3, 0.4) is 0 Å². The van der Waals surface area contributed by atoms with Crippen molar-refractivity contribution in [1.29, 1.82) is 0 Å². The molecule has 0 bridgehead atoms. The summed E-state index contributed by atoms with van der Waals surface area (Å²) in [5.74, 6) is 0.555. The van der Waals surface area contributed by atoms with E-state index in [1.54, 1.807) is 0 Å². The number of rotatable bonds is 7. The number of halogens is 3. The highest BCUT2D eigenvalue weighted by atomic mass is 19.4. The second-order valence-corrected chi connectivity index (χ2v) is 5.84. The molecule has 1 rings (SSSR count). The lowest BCUT2D eigenvalue weighted by molar-refractivity contribution is -0.180. The molecule has 0 aromatic rings. The first-order chi connectivity index (χ1) is 8.33. The van der Waals surface area contributed by atoms with Gasteiger partial charge in [-0.3, -0.25) is 0 Å². The van der Waals surface area contributed by atoms with Crippen molar-refractivity contribution in [3.05, 3.63) is 0 Å². The largest absolute Gasteiger partial charge is 0.411 e. The zero-order valence-corrected chi connectivity index (χ0v) is 11.3.